The van der Waals surface area contributed by atoms with E-state index in [0.29, 0.717) is 11.3 Å². The van der Waals surface area contributed by atoms with Crippen LogP contribution in [0.15, 0.2) is 23.2 Å². The zero-order valence-corrected chi connectivity index (χ0v) is 12.0. The molecule has 1 spiro atoms. The minimum Gasteiger partial charge on any atom is -0.333 e. The Bertz CT molecular complexity index is 585. The van der Waals surface area contributed by atoms with Gasteiger partial charge in [-0.3, -0.25) is 4.99 Å². The summed E-state index contributed by atoms with van der Waals surface area (Å²) in [6.45, 7) is 0. The highest BCUT2D eigenvalue weighted by Crippen LogP contribution is 2.40. The van der Waals surface area contributed by atoms with Crippen LogP contribution in [-0.4, -0.2) is 16.5 Å². The summed E-state index contributed by atoms with van der Waals surface area (Å²) in [5.41, 5.74) is 0.801. The number of nitriles is 1. The van der Waals surface area contributed by atoms with Crippen molar-refractivity contribution >= 4 is 22.6 Å². The van der Waals surface area contributed by atoms with E-state index >= 15 is 0 Å². The second kappa shape index (κ2) is 5.45. The first kappa shape index (κ1) is 13.4. The van der Waals surface area contributed by atoms with E-state index in [1.165, 1.54) is 25.3 Å². The van der Waals surface area contributed by atoms with Crippen LogP contribution in [-0.2, 0) is 0 Å². The molecule has 1 N–H and O–H groups in total. The van der Waals surface area contributed by atoms with Gasteiger partial charge in [-0.1, -0.05) is 31.0 Å². The van der Waals surface area contributed by atoms with Gasteiger partial charge in [0.1, 0.15) is 5.82 Å². The molecule has 1 heterocycles. The molecule has 3 rings (SSSR count). The maximum absolute atomic E-state index is 13.8. The second-order valence-corrected chi connectivity index (χ2v) is 6.39. The molecule has 1 aliphatic heterocycles. The smallest absolute Gasteiger partial charge is 0.161 e. The molecule has 0 amide bonds. The highest BCUT2D eigenvalue weighted by molar-refractivity contribution is 8.14. The van der Waals surface area contributed by atoms with Crippen LogP contribution < -0.4 is 5.32 Å². The van der Waals surface area contributed by atoms with Gasteiger partial charge in [0, 0.05) is 5.75 Å². The molecule has 0 unspecified atom stereocenters. The van der Waals surface area contributed by atoms with Crippen LogP contribution >= 0.6 is 11.8 Å². The largest absolute Gasteiger partial charge is 0.333 e. The van der Waals surface area contributed by atoms with Crippen LogP contribution in [0.1, 0.15) is 37.7 Å². The molecule has 1 aromatic rings. The van der Waals surface area contributed by atoms with Crippen LogP contribution in [0.4, 0.5) is 10.1 Å². The number of thioether (sulfide) groups is 1. The second-order valence-electron chi connectivity index (χ2n) is 5.42. The summed E-state index contributed by atoms with van der Waals surface area (Å²) in [5.74, 6) is 0.588. The van der Waals surface area contributed by atoms with Crippen molar-refractivity contribution in [1.29, 1.82) is 5.26 Å². The van der Waals surface area contributed by atoms with Crippen molar-refractivity contribution in [2.75, 3.05) is 11.1 Å². The SMILES string of the molecule is N#Cc1ccc(NC2=NC3(CCCCC3)CS2)c(F)c1. The summed E-state index contributed by atoms with van der Waals surface area (Å²) in [6.07, 6.45) is 6.06. The Morgan fingerprint density at radius 3 is 2.80 bits per heavy atom. The molecule has 1 aromatic carbocycles. The summed E-state index contributed by atoms with van der Waals surface area (Å²) in [5, 5.41) is 12.6. The molecule has 0 radical (unpaired) electrons. The Kier molecular flexibility index (Phi) is 3.66. The van der Waals surface area contributed by atoms with Crippen molar-refractivity contribution in [3.63, 3.8) is 0 Å². The Morgan fingerprint density at radius 2 is 2.10 bits per heavy atom. The predicted octanol–water partition coefficient (Wildman–Crippen LogP) is 3.91. The number of rotatable bonds is 1. The van der Waals surface area contributed by atoms with Gasteiger partial charge in [-0.15, -0.1) is 0 Å². The molecule has 0 aromatic heterocycles. The highest BCUT2D eigenvalue weighted by Gasteiger charge is 2.36. The molecular formula is C15H16FN3S. The molecular weight excluding hydrogens is 273 g/mol. The Labute approximate surface area is 122 Å². The lowest BCUT2D eigenvalue weighted by Crippen LogP contribution is -2.29. The first-order valence-electron chi connectivity index (χ1n) is 6.90. The summed E-state index contributed by atoms with van der Waals surface area (Å²) in [4.78, 5) is 4.79. The van der Waals surface area contributed by atoms with Gasteiger partial charge in [0.05, 0.1) is 22.9 Å². The van der Waals surface area contributed by atoms with Gasteiger partial charge in [0.15, 0.2) is 5.17 Å². The summed E-state index contributed by atoms with van der Waals surface area (Å²) >= 11 is 1.67. The van der Waals surface area contributed by atoms with E-state index in [-0.39, 0.29) is 5.54 Å². The molecule has 0 atom stereocenters. The van der Waals surface area contributed by atoms with E-state index in [0.717, 1.165) is 23.8 Å². The van der Waals surface area contributed by atoms with Gasteiger partial charge in [-0.05, 0) is 31.0 Å². The Morgan fingerprint density at radius 1 is 1.30 bits per heavy atom. The molecule has 1 saturated carbocycles. The number of anilines is 1. The standard InChI is InChI=1S/C15H16FN3S/c16-12-8-11(9-17)4-5-13(12)18-14-19-15(10-20-14)6-2-1-3-7-15/h4-5,8H,1-3,6-7,10H2,(H,18,19). The first-order chi connectivity index (χ1) is 9.71. The first-order valence-corrected chi connectivity index (χ1v) is 7.89. The lowest BCUT2D eigenvalue weighted by Gasteiger charge is -2.29. The molecule has 0 bridgehead atoms. The van der Waals surface area contributed by atoms with Gasteiger partial charge in [-0.2, -0.15) is 5.26 Å². The topological polar surface area (TPSA) is 48.2 Å². The van der Waals surface area contributed by atoms with E-state index in [4.69, 9.17) is 10.3 Å². The van der Waals surface area contributed by atoms with E-state index < -0.39 is 5.82 Å². The number of halogens is 1. The molecule has 3 nitrogen and oxygen atoms in total. The third-order valence-corrected chi connectivity index (χ3v) is 5.09. The lowest BCUT2D eigenvalue weighted by atomic mass is 9.84. The Hall–Kier alpha value is -1.54. The number of amidine groups is 1. The quantitative estimate of drug-likeness (QED) is 0.852. The van der Waals surface area contributed by atoms with E-state index in [1.54, 1.807) is 23.9 Å². The fourth-order valence-electron chi connectivity index (χ4n) is 2.81. The number of nitrogens with one attached hydrogen (secondary N) is 1. The van der Waals surface area contributed by atoms with Crippen LogP contribution in [0, 0.1) is 17.1 Å². The number of nitrogens with zero attached hydrogens (tertiary/aromatic N) is 2. The van der Waals surface area contributed by atoms with Crippen LogP contribution in [0.5, 0.6) is 0 Å². The van der Waals surface area contributed by atoms with Gasteiger partial charge < -0.3 is 5.32 Å². The number of benzene rings is 1. The van der Waals surface area contributed by atoms with Crippen molar-refractivity contribution in [2.45, 2.75) is 37.6 Å². The molecule has 20 heavy (non-hydrogen) atoms. The summed E-state index contributed by atoms with van der Waals surface area (Å²) in [7, 11) is 0. The average molecular weight is 289 g/mol. The van der Waals surface area contributed by atoms with E-state index in [9.17, 15) is 4.39 Å². The monoisotopic (exact) mass is 289 g/mol. The van der Waals surface area contributed by atoms with Crippen LogP contribution in [0.25, 0.3) is 0 Å². The molecule has 104 valence electrons. The van der Waals surface area contributed by atoms with Crippen LogP contribution in [0.3, 0.4) is 0 Å². The third kappa shape index (κ3) is 2.66. The van der Waals surface area contributed by atoms with Gasteiger partial charge >= 0.3 is 0 Å². The molecule has 2 aliphatic rings. The maximum Gasteiger partial charge on any atom is 0.161 e. The van der Waals surface area contributed by atoms with Crippen molar-refractivity contribution < 1.29 is 4.39 Å². The number of hydrogen-bond acceptors (Lipinski definition) is 4. The lowest BCUT2D eigenvalue weighted by molar-refractivity contribution is 0.335. The third-order valence-electron chi connectivity index (χ3n) is 3.94. The Balaban J connectivity index is 1.75. The zero-order valence-electron chi connectivity index (χ0n) is 11.2. The normalized spacial score (nSPS) is 20.5. The minimum absolute atomic E-state index is 0.0777. The average Bonchev–Trinajstić information content (AvgIpc) is 2.84. The highest BCUT2D eigenvalue weighted by atomic mass is 32.2. The molecule has 5 heteroatoms. The van der Waals surface area contributed by atoms with Gasteiger partial charge in [-0.25, -0.2) is 4.39 Å². The number of hydrogen-bond donors (Lipinski definition) is 1. The zero-order chi connectivity index (χ0) is 14.0. The van der Waals surface area contributed by atoms with E-state index in [2.05, 4.69) is 5.32 Å². The molecule has 0 saturated heterocycles. The summed E-state index contributed by atoms with van der Waals surface area (Å²) in [6, 6.07) is 6.39. The molecule has 1 fully saturated rings. The maximum atomic E-state index is 13.8. The molecule has 1 aliphatic carbocycles. The van der Waals surface area contributed by atoms with E-state index in [1.807, 2.05) is 6.07 Å². The van der Waals surface area contributed by atoms with Gasteiger partial charge in [0.25, 0.3) is 0 Å². The van der Waals surface area contributed by atoms with Crippen molar-refractivity contribution in [1.82, 2.24) is 0 Å². The fraction of sp³-hybridized carbons (Fsp3) is 0.467. The fourth-order valence-corrected chi connectivity index (χ4v) is 4.01. The van der Waals surface area contributed by atoms with Crippen LogP contribution in [0.2, 0.25) is 0 Å². The minimum atomic E-state index is -0.406. The predicted molar refractivity (Wildman–Crippen MR) is 80.4 cm³/mol. The number of aliphatic imine (C=N–C) groups is 1. The summed E-state index contributed by atoms with van der Waals surface area (Å²) < 4.78 is 13.8. The van der Waals surface area contributed by atoms with Crippen molar-refractivity contribution in [3.8, 4) is 6.07 Å². The van der Waals surface area contributed by atoms with Crippen molar-refractivity contribution in [2.24, 2.45) is 4.99 Å². The van der Waals surface area contributed by atoms with Crippen molar-refractivity contribution in [3.05, 3.63) is 29.6 Å². The van der Waals surface area contributed by atoms with Gasteiger partial charge in [0.2, 0.25) is 0 Å².